The zero-order valence-corrected chi connectivity index (χ0v) is 13.7. The van der Waals surface area contributed by atoms with Gasteiger partial charge >= 0.3 is 0 Å². The Hall–Kier alpha value is -1.69. The van der Waals surface area contributed by atoms with E-state index in [0.29, 0.717) is 5.88 Å². The molecule has 1 aliphatic rings. The molecule has 0 N–H and O–H groups in total. The van der Waals surface area contributed by atoms with E-state index in [2.05, 4.69) is 40.6 Å². The molecule has 3 heterocycles. The zero-order chi connectivity index (χ0) is 15.0. The minimum Gasteiger partial charge on any atom is -0.475 e. The number of nitrogens with zero attached hydrogens (tertiary/aromatic N) is 4. The molecule has 2 aromatic heterocycles. The Morgan fingerprint density at radius 2 is 2.10 bits per heavy atom. The molecule has 1 aliphatic heterocycles. The third-order valence-corrected chi connectivity index (χ3v) is 4.58. The van der Waals surface area contributed by atoms with E-state index in [9.17, 15) is 0 Å². The molecule has 6 heteroatoms. The van der Waals surface area contributed by atoms with Gasteiger partial charge in [0.2, 0.25) is 5.88 Å². The topological polar surface area (TPSA) is 51.1 Å². The van der Waals surface area contributed by atoms with Crippen LogP contribution in [0.4, 0.5) is 5.82 Å². The highest BCUT2D eigenvalue weighted by atomic mass is 32.1. The number of anilines is 1. The molecule has 112 valence electrons. The van der Waals surface area contributed by atoms with Crippen LogP contribution >= 0.6 is 11.3 Å². The first-order chi connectivity index (χ1) is 10.0. The van der Waals surface area contributed by atoms with Crippen LogP contribution in [0, 0.1) is 13.8 Å². The monoisotopic (exact) mass is 304 g/mol. The van der Waals surface area contributed by atoms with Crippen LogP contribution in [-0.4, -0.2) is 21.1 Å². The van der Waals surface area contributed by atoms with Gasteiger partial charge in [-0.15, -0.1) is 11.3 Å². The van der Waals surface area contributed by atoms with Crippen LogP contribution in [0.5, 0.6) is 5.88 Å². The molecule has 0 bridgehead atoms. The summed E-state index contributed by atoms with van der Waals surface area (Å²) in [6, 6.07) is 1.93. The third-order valence-electron chi connectivity index (χ3n) is 3.58. The van der Waals surface area contributed by atoms with Crippen molar-refractivity contribution in [3.8, 4) is 5.88 Å². The lowest BCUT2D eigenvalue weighted by Crippen LogP contribution is -2.18. The molecule has 0 saturated carbocycles. The van der Waals surface area contributed by atoms with Crippen molar-refractivity contribution in [3.63, 3.8) is 0 Å². The molecule has 3 rings (SSSR count). The number of hydrogen-bond donors (Lipinski definition) is 0. The van der Waals surface area contributed by atoms with Crippen LogP contribution in [0.25, 0.3) is 0 Å². The highest BCUT2D eigenvalue weighted by Gasteiger charge is 2.24. The van der Waals surface area contributed by atoms with E-state index in [1.165, 1.54) is 10.6 Å². The summed E-state index contributed by atoms with van der Waals surface area (Å²) in [5.41, 5.74) is 1.18. The molecule has 0 radical (unpaired) electrons. The number of rotatable bonds is 4. The fraction of sp³-hybridized carbons (Fsp3) is 0.533. The van der Waals surface area contributed by atoms with Gasteiger partial charge in [-0.3, -0.25) is 0 Å². The second-order valence-corrected chi connectivity index (χ2v) is 6.69. The molecule has 1 atom stereocenters. The summed E-state index contributed by atoms with van der Waals surface area (Å²) in [7, 11) is 0. The van der Waals surface area contributed by atoms with Crippen LogP contribution < -0.4 is 9.64 Å². The number of thiazole rings is 1. The lowest BCUT2D eigenvalue weighted by Gasteiger charge is -2.19. The van der Waals surface area contributed by atoms with E-state index in [1.807, 2.05) is 13.0 Å². The zero-order valence-electron chi connectivity index (χ0n) is 12.9. The van der Waals surface area contributed by atoms with Gasteiger partial charge in [-0.2, -0.15) is 4.98 Å². The number of aryl methyl sites for hydroxylation is 2. The molecule has 2 aromatic rings. The predicted molar refractivity (Wildman–Crippen MR) is 83.9 cm³/mol. The number of hydrogen-bond acceptors (Lipinski definition) is 6. The van der Waals surface area contributed by atoms with Crippen LogP contribution in [0.15, 0.2) is 6.07 Å². The summed E-state index contributed by atoms with van der Waals surface area (Å²) in [5, 5.41) is 1.14. The van der Waals surface area contributed by atoms with Crippen molar-refractivity contribution in [2.45, 2.75) is 53.3 Å². The van der Waals surface area contributed by atoms with Gasteiger partial charge in [-0.05, 0) is 27.2 Å². The summed E-state index contributed by atoms with van der Waals surface area (Å²) >= 11 is 1.77. The Labute approximate surface area is 129 Å². The summed E-state index contributed by atoms with van der Waals surface area (Å²) in [6.45, 7) is 9.81. The molecule has 0 spiro atoms. The fourth-order valence-corrected chi connectivity index (χ4v) is 3.33. The lowest BCUT2D eigenvalue weighted by molar-refractivity contribution is 0.208. The van der Waals surface area contributed by atoms with E-state index >= 15 is 0 Å². The minimum absolute atomic E-state index is 0.164. The second-order valence-electron chi connectivity index (χ2n) is 5.41. The molecule has 21 heavy (non-hydrogen) atoms. The number of fused-ring (bicyclic) bond motifs is 1. The van der Waals surface area contributed by atoms with E-state index in [1.54, 1.807) is 11.3 Å². The Balaban J connectivity index is 1.81. The summed E-state index contributed by atoms with van der Waals surface area (Å²) in [6.07, 6.45) is 1.12. The SMILES string of the molecule is CCC(C)Oc1cc(N2Cc3nc(C)sc3C2)nc(C)n1. The van der Waals surface area contributed by atoms with Crippen molar-refractivity contribution < 1.29 is 4.74 Å². The Morgan fingerprint density at radius 1 is 1.29 bits per heavy atom. The Bertz CT molecular complexity index is 632. The van der Waals surface area contributed by atoms with Gasteiger partial charge in [0.05, 0.1) is 29.9 Å². The molecular weight excluding hydrogens is 284 g/mol. The highest BCUT2D eigenvalue weighted by molar-refractivity contribution is 7.11. The van der Waals surface area contributed by atoms with Crippen LogP contribution in [-0.2, 0) is 13.1 Å². The fourth-order valence-electron chi connectivity index (χ4n) is 2.37. The second kappa shape index (κ2) is 5.60. The number of aromatic nitrogens is 3. The maximum Gasteiger partial charge on any atom is 0.218 e. The highest BCUT2D eigenvalue weighted by Crippen LogP contribution is 2.31. The summed E-state index contributed by atoms with van der Waals surface area (Å²) in [5.74, 6) is 2.32. The first-order valence-electron chi connectivity index (χ1n) is 7.27. The van der Waals surface area contributed by atoms with Crippen molar-refractivity contribution in [2.75, 3.05) is 4.90 Å². The van der Waals surface area contributed by atoms with Crippen molar-refractivity contribution in [1.82, 2.24) is 15.0 Å². The third kappa shape index (κ3) is 3.00. The average molecular weight is 304 g/mol. The largest absolute Gasteiger partial charge is 0.475 e. The van der Waals surface area contributed by atoms with Crippen LogP contribution in [0.2, 0.25) is 0 Å². The Kier molecular flexibility index (Phi) is 3.80. The molecule has 0 aromatic carbocycles. The van der Waals surface area contributed by atoms with E-state index < -0.39 is 0 Å². The predicted octanol–water partition coefficient (Wildman–Crippen LogP) is 3.25. The lowest BCUT2D eigenvalue weighted by atomic mass is 10.3. The summed E-state index contributed by atoms with van der Waals surface area (Å²) < 4.78 is 5.83. The van der Waals surface area contributed by atoms with Crippen molar-refractivity contribution in [2.24, 2.45) is 0 Å². The van der Waals surface area contributed by atoms with Crippen LogP contribution in [0.1, 0.15) is 41.7 Å². The molecule has 5 nitrogen and oxygen atoms in total. The molecule has 0 amide bonds. The standard InChI is InChI=1S/C15H20N4OS/c1-5-9(2)20-15-6-14(16-10(3)17-15)19-7-12-13(8-19)21-11(4)18-12/h6,9H,5,7-8H2,1-4H3. The molecule has 0 saturated heterocycles. The first kappa shape index (κ1) is 14.3. The molecule has 0 aliphatic carbocycles. The van der Waals surface area contributed by atoms with Gasteiger partial charge in [0.1, 0.15) is 11.6 Å². The maximum atomic E-state index is 5.83. The average Bonchev–Trinajstić information content (AvgIpc) is 2.95. The minimum atomic E-state index is 0.164. The van der Waals surface area contributed by atoms with Gasteiger partial charge in [0.15, 0.2) is 0 Å². The van der Waals surface area contributed by atoms with Crippen LogP contribution in [0.3, 0.4) is 0 Å². The molecular formula is C15H20N4OS. The van der Waals surface area contributed by atoms with Crippen molar-refractivity contribution in [1.29, 1.82) is 0 Å². The van der Waals surface area contributed by atoms with E-state index in [4.69, 9.17) is 4.74 Å². The molecule has 0 fully saturated rings. The van der Waals surface area contributed by atoms with Gasteiger partial charge in [0.25, 0.3) is 0 Å². The Morgan fingerprint density at radius 3 is 2.81 bits per heavy atom. The van der Waals surface area contributed by atoms with Crippen molar-refractivity contribution >= 4 is 17.2 Å². The van der Waals surface area contributed by atoms with E-state index in [-0.39, 0.29) is 6.10 Å². The smallest absolute Gasteiger partial charge is 0.218 e. The van der Waals surface area contributed by atoms with Crippen molar-refractivity contribution in [3.05, 3.63) is 27.5 Å². The quantitative estimate of drug-likeness (QED) is 0.868. The number of ether oxygens (including phenoxy) is 1. The van der Waals surface area contributed by atoms with Gasteiger partial charge < -0.3 is 9.64 Å². The van der Waals surface area contributed by atoms with E-state index in [0.717, 1.165) is 36.2 Å². The maximum absolute atomic E-state index is 5.83. The van der Waals surface area contributed by atoms with Gasteiger partial charge in [-0.25, -0.2) is 9.97 Å². The van der Waals surface area contributed by atoms with Gasteiger partial charge in [-0.1, -0.05) is 6.92 Å². The molecule has 1 unspecified atom stereocenters. The first-order valence-corrected chi connectivity index (χ1v) is 8.09. The van der Waals surface area contributed by atoms with Gasteiger partial charge in [0, 0.05) is 10.9 Å². The summed E-state index contributed by atoms with van der Waals surface area (Å²) in [4.78, 5) is 17.1. The normalized spacial score (nSPS) is 15.1.